The predicted octanol–water partition coefficient (Wildman–Crippen LogP) is 2.34. The molecular formula is C22H35N3O4. The standard InChI is InChI=1S/C22H35N3O4/c1-4-5-6-11-23-22(27)18-9-12-25(13-10-18)16-21(26)24-15-17-7-8-19(28-2)20(14-17)29-3/h7-8,14,18H,4-6,9-13,15-16H2,1-3H3,(H,23,27)(H,24,26). The van der Waals surface area contributed by atoms with Crippen molar-refractivity contribution >= 4 is 11.8 Å². The van der Waals surface area contributed by atoms with Crippen LogP contribution in [0.4, 0.5) is 0 Å². The Morgan fingerprint density at radius 2 is 1.79 bits per heavy atom. The monoisotopic (exact) mass is 405 g/mol. The maximum atomic E-state index is 12.3. The fraction of sp³-hybridized carbons (Fsp3) is 0.636. The van der Waals surface area contributed by atoms with Crippen LogP contribution < -0.4 is 20.1 Å². The maximum Gasteiger partial charge on any atom is 0.234 e. The number of hydrogen-bond donors (Lipinski definition) is 2. The minimum atomic E-state index is -0.0118. The highest BCUT2D eigenvalue weighted by Gasteiger charge is 2.25. The SMILES string of the molecule is CCCCCNC(=O)C1CCN(CC(=O)NCc2ccc(OC)c(OC)c2)CC1. The molecule has 0 atom stereocenters. The lowest BCUT2D eigenvalue weighted by Gasteiger charge is -2.30. The van der Waals surface area contributed by atoms with Gasteiger partial charge in [0.05, 0.1) is 20.8 Å². The number of hydrogen-bond acceptors (Lipinski definition) is 5. The molecule has 0 unspecified atom stereocenters. The fourth-order valence-corrected chi connectivity index (χ4v) is 3.53. The molecule has 1 aliphatic rings. The Morgan fingerprint density at radius 3 is 2.45 bits per heavy atom. The molecule has 1 heterocycles. The molecule has 2 N–H and O–H groups in total. The number of carbonyl (C=O) groups excluding carboxylic acids is 2. The molecule has 7 heteroatoms. The summed E-state index contributed by atoms with van der Waals surface area (Å²) in [6.07, 6.45) is 4.96. The van der Waals surface area contributed by atoms with Crippen molar-refractivity contribution in [1.82, 2.24) is 15.5 Å². The molecule has 1 saturated heterocycles. The molecule has 1 aromatic rings. The van der Waals surface area contributed by atoms with Crippen LogP contribution in [-0.2, 0) is 16.1 Å². The van der Waals surface area contributed by atoms with Gasteiger partial charge in [0.25, 0.3) is 0 Å². The first-order valence-electron chi connectivity index (χ1n) is 10.5. The van der Waals surface area contributed by atoms with Gasteiger partial charge < -0.3 is 20.1 Å². The Labute approximate surface area is 174 Å². The Balaban J connectivity index is 1.68. The number of unbranched alkanes of at least 4 members (excludes halogenated alkanes) is 2. The quantitative estimate of drug-likeness (QED) is 0.553. The number of piperidine rings is 1. The van der Waals surface area contributed by atoms with Crippen LogP contribution in [-0.4, -0.2) is 57.1 Å². The normalized spacial score (nSPS) is 15.0. The molecule has 2 rings (SSSR count). The third-order valence-electron chi connectivity index (χ3n) is 5.34. The highest BCUT2D eigenvalue weighted by Crippen LogP contribution is 2.27. The van der Waals surface area contributed by atoms with Crippen LogP contribution in [0, 0.1) is 5.92 Å². The van der Waals surface area contributed by atoms with E-state index in [2.05, 4.69) is 22.5 Å². The second-order valence-electron chi connectivity index (χ2n) is 7.51. The van der Waals surface area contributed by atoms with Crippen molar-refractivity contribution in [2.24, 2.45) is 5.92 Å². The average molecular weight is 406 g/mol. The van der Waals surface area contributed by atoms with E-state index in [1.807, 2.05) is 18.2 Å². The van der Waals surface area contributed by atoms with E-state index in [1.54, 1.807) is 14.2 Å². The molecular weight excluding hydrogens is 370 g/mol. The van der Waals surface area contributed by atoms with E-state index in [-0.39, 0.29) is 17.7 Å². The lowest BCUT2D eigenvalue weighted by Crippen LogP contribution is -2.44. The zero-order chi connectivity index (χ0) is 21.1. The molecule has 0 bridgehead atoms. The number of ether oxygens (including phenoxy) is 2. The summed E-state index contributed by atoms with van der Waals surface area (Å²) in [6.45, 7) is 5.27. The van der Waals surface area contributed by atoms with E-state index < -0.39 is 0 Å². The summed E-state index contributed by atoms with van der Waals surface area (Å²) in [5, 5.41) is 6.00. The molecule has 0 saturated carbocycles. The second kappa shape index (κ2) is 12.3. The molecule has 2 amide bonds. The smallest absolute Gasteiger partial charge is 0.234 e. The van der Waals surface area contributed by atoms with Crippen molar-refractivity contribution in [3.8, 4) is 11.5 Å². The molecule has 0 aromatic heterocycles. The van der Waals surface area contributed by atoms with E-state index in [0.717, 1.165) is 57.3 Å². The summed E-state index contributed by atoms with van der Waals surface area (Å²) in [5.74, 6) is 1.54. The largest absolute Gasteiger partial charge is 0.493 e. The summed E-state index contributed by atoms with van der Waals surface area (Å²) in [5.41, 5.74) is 0.953. The van der Waals surface area contributed by atoms with Gasteiger partial charge in [-0.25, -0.2) is 0 Å². The lowest BCUT2D eigenvalue weighted by atomic mass is 9.96. The Morgan fingerprint density at radius 1 is 1.07 bits per heavy atom. The van der Waals surface area contributed by atoms with Crippen molar-refractivity contribution in [3.63, 3.8) is 0 Å². The van der Waals surface area contributed by atoms with Gasteiger partial charge in [0.1, 0.15) is 0 Å². The van der Waals surface area contributed by atoms with Crippen molar-refractivity contribution < 1.29 is 19.1 Å². The van der Waals surface area contributed by atoms with Crippen LogP contribution in [0.5, 0.6) is 11.5 Å². The second-order valence-corrected chi connectivity index (χ2v) is 7.51. The number of nitrogens with one attached hydrogen (secondary N) is 2. The first kappa shape index (κ1) is 23.0. The molecule has 7 nitrogen and oxygen atoms in total. The van der Waals surface area contributed by atoms with Crippen molar-refractivity contribution in [1.29, 1.82) is 0 Å². The predicted molar refractivity (Wildman–Crippen MR) is 113 cm³/mol. The van der Waals surface area contributed by atoms with Crippen molar-refractivity contribution in [2.75, 3.05) is 40.4 Å². The maximum absolute atomic E-state index is 12.3. The van der Waals surface area contributed by atoms with E-state index in [0.29, 0.717) is 24.6 Å². The number of carbonyl (C=O) groups is 2. The van der Waals surface area contributed by atoms with E-state index in [9.17, 15) is 9.59 Å². The topological polar surface area (TPSA) is 79.9 Å². The van der Waals surface area contributed by atoms with Crippen molar-refractivity contribution in [2.45, 2.75) is 45.6 Å². The van der Waals surface area contributed by atoms with Crippen LogP contribution in [0.2, 0.25) is 0 Å². The number of benzene rings is 1. The van der Waals surface area contributed by atoms with Gasteiger partial charge in [0, 0.05) is 19.0 Å². The Kier molecular flexibility index (Phi) is 9.77. The van der Waals surface area contributed by atoms with E-state index >= 15 is 0 Å². The van der Waals surface area contributed by atoms with Gasteiger partial charge in [-0.2, -0.15) is 0 Å². The number of rotatable bonds is 11. The van der Waals surface area contributed by atoms with Crippen LogP contribution in [0.1, 0.15) is 44.6 Å². The van der Waals surface area contributed by atoms with Gasteiger partial charge in [-0.15, -0.1) is 0 Å². The number of amides is 2. The zero-order valence-electron chi connectivity index (χ0n) is 18.0. The number of likely N-dealkylation sites (tertiary alicyclic amines) is 1. The molecule has 0 radical (unpaired) electrons. The van der Waals surface area contributed by atoms with Crippen LogP contribution >= 0.6 is 0 Å². The molecule has 29 heavy (non-hydrogen) atoms. The van der Waals surface area contributed by atoms with Gasteiger partial charge >= 0.3 is 0 Å². The first-order valence-corrected chi connectivity index (χ1v) is 10.5. The zero-order valence-corrected chi connectivity index (χ0v) is 18.0. The average Bonchev–Trinajstić information content (AvgIpc) is 2.75. The van der Waals surface area contributed by atoms with Gasteiger partial charge in [-0.1, -0.05) is 25.8 Å². The Hall–Kier alpha value is -2.28. The minimum absolute atomic E-state index is 0.0118. The third-order valence-corrected chi connectivity index (χ3v) is 5.34. The van der Waals surface area contributed by atoms with Gasteiger partial charge in [0.15, 0.2) is 11.5 Å². The highest BCUT2D eigenvalue weighted by atomic mass is 16.5. The highest BCUT2D eigenvalue weighted by molar-refractivity contribution is 5.79. The molecule has 0 aliphatic carbocycles. The lowest BCUT2D eigenvalue weighted by molar-refractivity contribution is -0.126. The summed E-state index contributed by atoms with van der Waals surface area (Å²) < 4.78 is 10.5. The van der Waals surface area contributed by atoms with Gasteiger partial charge in [-0.05, 0) is 50.0 Å². The first-order chi connectivity index (χ1) is 14.1. The van der Waals surface area contributed by atoms with Gasteiger partial charge in [-0.3, -0.25) is 14.5 Å². The van der Waals surface area contributed by atoms with Crippen molar-refractivity contribution in [3.05, 3.63) is 23.8 Å². The van der Waals surface area contributed by atoms with E-state index in [1.165, 1.54) is 0 Å². The summed E-state index contributed by atoms with van der Waals surface area (Å²) in [4.78, 5) is 26.6. The number of methoxy groups -OCH3 is 2. The molecule has 1 aliphatic heterocycles. The molecule has 162 valence electrons. The van der Waals surface area contributed by atoms with E-state index in [4.69, 9.17) is 9.47 Å². The number of nitrogens with zero attached hydrogens (tertiary/aromatic N) is 1. The minimum Gasteiger partial charge on any atom is -0.493 e. The molecule has 1 aromatic carbocycles. The summed E-state index contributed by atoms with van der Waals surface area (Å²) >= 11 is 0. The van der Waals surface area contributed by atoms with Crippen LogP contribution in [0.3, 0.4) is 0 Å². The Bertz CT molecular complexity index is 657. The summed E-state index contributed by atoms with van der Waals surface area (Å²) in [7, 11) is 3.19. The van der Waals surface area contributed by atoms with Gasteiger partial charge in [0.2, 0.25) is 11.8 Å². The van der Waals surface area contributed by atoms with Crippen LogP contribution in [0.15, 0.2) is 18.2 Å². The molecule has 1 fully saturated rings. The third kappa shape index (κ3) is 7.57. The fourth-order valence-electron chi connectivity index (χ4n) is 3.53. The van der Waals surface area contributed by atoms with Crippen LogP contribution in [0.25, 0.3) is 0 Å². The summed E-state index contributed by atoms with van der Waals surface area (Å²) in [6, 6.07) is 5.61. The molecule has 0 spiro atoms.